The van der Waals surface area contributed by atoms with Gasteiger partial charge in [0.25, 0.3) is 0 Å². The number of benzene rings is 1. The molecule has 0 unspecified atom stereocenters. The van der Waals surface area contributed by atoms with Gasteiger partial charge < -0.3 is 5.73 Å². The van der Waals surface area contributed by atoms with E-state index < -0.39 is 0 Å². The minimum absolute atomic E-state index is 0.645. The second-order valence-electron chi connectivity index (χ2n) is 3.65. The molecule has 1 aromatic carbocycles. The Morgan fingerprint density at radius 2 is 2.29 bits per heavy atom. The van der Waals surface area contributed by atoms with E-state index in [1.165, 1.54) is 5.56 Å². The van der Waals surface area contributed by atoms with Gasteiger partial charge in [0.2, 0.25) is 0 Å². The average molecular weight is 268 g/mol. The summed E-state index contributed by atoms with van der Waals surface area (Å²) in [6.45, 7) is 2.70. The summed E-state index contributed by atoms with van der Waals surface area (Å²) in [4.78, 5) is 4.33. The normalized spacial score (nSPS) is 10.8. The quantitative estimate of drug-likeness (QED) is 0.867. The highest BCUT2D eigenvalue weighted by Gasteiger charge is 2.08. The molecule has 3 nitrogen and oxygen atoms in total. The van der Waals surface area contributed by atoms with Crippen LogP contribution in [0.2, 0.25) is 5.02 Å². The van der Waals surface area contributed by atoms with Crippen LogP contribution in [0.5, 0.6) is 0 Å². The monoisotopic (exact) mass is 267 g/mol. The number of rotatable bonds is 4. The largest absolute Gasteiger partial charge is 0.330 e. The van der Waals surface area contributed by atoms with Gasteiger partial charge in [0, 0.05) is 29.7 Å². The van der Waals surface area contributed by atoms with Crippen molar-refractivity contribution in [1.29, 1.82) is 0 Å². The second kappa shape index (κ2) is 5.58. The van der Waals surface area contributed by atoms with Crippen LogP contribution in [0.1, 0.15) is 5.56 Å². The molecule has 0 bridgehead atoms. The number of thioether (sulfide) groups is 1. The van der Waals surface area contributed by atoms with E-state index in [4.69, 9.17) is 17.3 Å². The number of hydrogen-bond acceptors (Lipinski definition) is 3. The molecule has 0 saturated heterocycles. The van der Waals surface area contributed by atoms with Crippen LogP contribution in [-0.2, 0) is 0 Å². The van der Waals surface area contributed by atoms with Crippen molar-refractivity contribution in [2.24, 2.45) is 5.73 Å². The molecule has 1 aromatic heterocycles. The molecule has 0 atom stereocenters. The number of nitrogens with two attached hydrogens (primary N) is 1. The van der Waals surface area contributed by atoms with Gasteiger partial charge in [-0.15, -0.1) is 0 Å². The summed E-state index contributed by atoms with van der Waals surface area (Å²) in [7, 11) is 0. The number of imidazole rings is 1. The minimum atomic E-state index is 0.645. The van der Waals surface area contributed by atoms with Crippen LogP contribution in [0.3, 0.4) is 0 Å². The zero-order valence-electron chi connectivity index (χ0n) is 9.56. The van der Waals surface area contributed by atoms with Crippen LogP contribution >= 0.6 is 23.4 Å². The third kappa shape index (κ3) is 2.83. The van der Waals surface area contributed by atoms with Crippen LogP contribution < -0.4 is 5.73 Å². The van der Waals surface area contributed by atoms with Crippen LogP contribution in [0.15, 0.2) is 35.7 Å². The Kier molecular flexibility index (Phi) is 4.10. The van der Waals surface area contributed by atoms with Gasteiger partial charge in [0.15, 0.2) is 5.16 Å². The van der Waals surface area contributed by atoms with Crippen LogP contribution in [0.4, 0.5) is 0 Å². The number of aryl methyl sites for hydroxylation is 1. The molecule has 2 N–H and O–H groups in total. The van der Waals surface area contributed by atoms with Crippen molar-refractivity contribution in [1.82, 2.24) is 9.55 Å². The maximum absolute atomic E-state index is 6.03. The summed E-state index contributed by atoms with van der Waals surface area (Å²) in [5.74, 6) is 0.858. The summed E-state index contributed by atoms with van der Waals surface area (Å²) >= 11 is 7.68. The Morgan fingerprint density at radius 3 is 3.06 bits per heavy atom. The Balaban J connectivity index is 2.38. The van der Waals surface area contributed by atoms with Crippen LogP contribution in [0, 0.1) is 6.92 Å². The van der Waals surface area contributed by atoms with Crippen molar-refractivity contribution in [3.05, 3.63) is 41.2 Å². The van der Waals surface area contributed by atoms with Gasteiger partial charge in [0.05, 0.1) is 5.69 Å². The molecule has 0 radical (unpaired) electrons. The molecular formula is C12H14ClN3S. The third-order valence-corrected chi connectivity index (χ3v) is 3.62. The van der Waals surface area contributed by atoms with Crippen molar-refractivity contribution in [2.45, 2.75) is 12.1 Å². The molecule has 0 aliphatic rings. The third-order valence-electron chi connectivity index (χ3n) is 2.39. The van der Waals surface area contributed by atoms with E-state index in [9.17, 15) is 0 Å². The average Bonchev–Trinajstić information content (AvgIpc) is 2.77. The zero-order chi connectivity index (χ0) is 12.3. The minimum Gasteiger partial charge on any atom is -0.330 e. The zero-order valence-corrected chi connectivity index (χ0v) is 11.1. The number of aromatic nitrogens is 2. The molecule has 0 spiro atoms. The van der Waals surface area contributed by atoms with E-state index in [2.05, 4.69) is 11.9 Å². The fourth-order valence-corrected chi connectivity index (χ4v) is 2.47. The summed E-state index contributed by atoms with van der Waals surface area (Å²) in [5.41, 5.74) is 7.74. The molecule has 17 heavy (non-hydrogen) atoms. The Hall–Kier alpha value is -0.970. The summed E-state index contributed by atoms with van der Waals surface area (Å²) in [5, 5.41) is 1.68. The van der Waals surface area contributed by atoms with Crippen molar-refractivity contribution < 1.29 is 0 Å². The molecule has 0 aliphatic carbocycles. The highest BCUT2D eigenvalue weighted by molar-refractivity contribution is 7.99. The number of halogens is 1. The molecule has 0 amide bonds. The maximum Gasteiger partial charge on any atom is 0.172 e. The van der Waals surface area contributed by atoms with E-state index >= 15 is 0 Å². The molecule has 5 heteroatoms. The first-order chi connectivity index (χ1) is 8.22. The lowest BCUT2D eigenvalue weighted by atomic mass is 10.2. The first kappa shape index (κ1) is 12.5. The molecule has 1 heterocycles. The Bertz CT molecular complexity index is 510. The van der Waals surface area contributed by atoms with Crippen LogP contribution in [0.25, 0.3) is 5.69 Å². The molecule has 90 valence electrons. The number of hydrogen-bond donors (Lipinski definition) is 1. The van der Waals surface area contributed by atoms with Crippen molar-refractivity contribution in [2.75, 3.05) is 12.3 Å². The molecule has 0 aliphatic heterocycles. The van der Waals surface area contributed by atoms with Crippen molar-refractivity contribution in [3.63, 3.8) is 0 Å². The Morgan fingerprint density at radius 1 is 1.47 bits per heavy atom. The topological polar surface area (TPSA) is 43.8 Å². The highest BCUT2D eigenvalue weighted by atomic mass is 35.5. The number of nitrogens with zero attached hydrogens (tertiary/aromatic N) is 2. The lowest BCUT2D eigenvalue weighted by Gasteiger charge is -2.10. The Labute approximate surface area is 110 Å². The second-order valence-corrected chi connectivity index (χ2v) is 5.15. The lowest BCUT2D eigenvalue weighted by Crippen LogP contribution is -2.03. The first-order valence-corrected chi connectivity index (χ1v) is 6.71. The van der Waals surface area contributed by atoms with E-state index in [-0.39, 0.29) is 0 Å². The maximum atomic E-state index is 6.03. The lowest BCUT2D eigenvalue weighted by molar-refractivity contribution is 0.887. The first-order valence-electron chi connectivity index (χ1n) is 5.35. The van der Waals surface area contributed by atoms with Gasteiger partial charge in [-0.2, -0.15) is 0 Å². The SMILES string of the molecule is Cc1ccc(Cl)cc1-n1ccnc1SCCN. The standard InChI is InChI=1S/C12H14ClN3S/c1-9-2-3-10(13)8-11(9)16-6-5-15-12(16)17-7-4-14/h2-3,5-6,8H,4,7,14H2,1H3. The highest BCUT2D eigenvalue weighted by Crippen LogP contribution is 2.24. The molecular weight excluding hydrogens is 254 g/mol. The molecule has 2 aromatic rings. The predicted octanol–water partition coefficient (Wildman–Crippen LogP) is 2.88. The van der Waals surface area contributed by atoms with E-state index in [1.54, 1.807) is 18.0 Å². The van der Waals surface area contributed by atoms with Gasteiger partial charge in [-0.05, 0) is 24.6 Å². The van der Waals surface area contributed by atoms with Gasteiger partial charge in [-0.3, -0.25) is 4.57 Å². The fraction of sp³-hybridized carbons (Fsp3) is 0.250. The summed E-state index contributed by atoms with van der Waals surface area (Å²) in [6, 6.07) is 5.85. The van der Waals surface area contributed by atoms with Crippen LogP contribution in [-0.4, -0.2) is 21.8 Å². The summed E-state index contributed by atoms with van der Waals surface area (Å²) < 4.78 is 2.04. The smallest absolute Gasteiger partial charge is 0.172 e. The summed E-state index contributed by atoms with van der Waals surface area (Å²) in [6.07, 6.45) is 3.73. The van der Waals surface area contributed by atoms with E-state index in [0.717, 1.165) is 21.6 Å². The fourth-order valence-electron chi connectivity index (χ4n) is 1.57. The van der Waals surface area contributed by atoms with E-state index in [1.807, 2.05) is 29.0 Å². The predicted molar refractivity (Wildman–Crippen MR) is 73.1 cm³/mol. The van der Waals surface area contributed by atoms with Crippen molar-refractivity contribution in [3.8, 4) is 5.69 Å². The van der Waals surface area contributed by atoms with E-state index in [0.29, 0.717) is 6.54 Å². The van der Waals surface area contributed by atoms with Gasteiger partial charge >= 0.3 is 0 Å². The molecule has 0 saturated carbocycles. The molecule has 2 rings (SSSR count). The molecule has 0 fully saturated rings. The van der Waals surface area contributed by atoms with Gasteiger partial charge in [0.1, 0.15) is 0 Å². The van der Waals surface area contributed by atoms with Crippen molar-refractivity contribution >= 4 is 23.4 Å². The van der Waals surface area contributed by atoms with Gasteiger partial charge in [-0.1, -0.05) is 29.4 Å². The van der Waals surface area contributed by atoms with Gasteiger partial charge in [-0.25, -0.2) is 4.98 Å².